The monoisotopic (exact) mass is 295 g/mol. The summed E-state index contributed by atoms with van der Waals surface area (Å²) in [6.45, 7) is 13.4. The van der Waals surface area contributed by atoms with Gasteiger partial charge in [-0.2, -0.15) is 0 Å². The largest absolute Gasteiger partial charge is 0.308 e. The van der Waals surface area contributed by atoms with Gasteiger partial charge in [-0.1, -0.05) is 27.7 Å². The van der Waals surface area contributed by atoms with Crippen LogP contribution in [0.5, 0.6) is 0 Å². The van der Waals surface area contributed by atoms with E-state index in [1.54, 1.807) is 11.3 Å². The number of nitrogens with one attached hydrogen (secondary N) is 1. The minimum Gasteiger partial charge on any atom is -0.308 e. The average Bonchev–Trinajstić information content (AvgIpc) is 3.04. The number of thiazole rings is 1. The van der Waals surface area contributed by atoms with Gasteiger partial charge in [-0.05, 0) is 31.2 Å². The summed E-state index contributed by atoms with van der Waals surface area (Å²) in [5.74, 6) is 0. The molecule has 4 heteroatoms. The predicted octanol–water partition coefficient (Wildman–Crippen LogP) is 3.65. The SMILES string of the molecule is CCC1(CC)CCN(Cc2csc(CNC(C)C)n2)C1. The van der Waals surface area contributed by atoms with E-state index in [1.807, 2.05) is 0 Å². The Kier molecular flexibility index (Phi) is 5.58. The first-order valence-electron chi connectivity index (χ1n) is 7.96. The van der Waals surface area contributed by atoms with Gasteiger partial charge in [0.15, 0.2) is 0 Å². The lowest BCUT2D eigenvalue weighted by molar-refractivity contribution is 0.235. The van der Waals surface area contributed by atoms with Gasteiger partial charge in [0, 0.05) is 31.1 Å². The van der Waals surface area contributed by atoms with Crippen LogP contribution in [0.1, 0.15) is 57.7 Å². The summed E-state index contributed by atoms with van der Waals surface area (Å²) >= 11 is 1.79. The van der Waals surface area contributed by atoms with Crippen molar-refractivity contribution in [3.05, 3.63) is 16.1 Å². The lowest BCUT2D eigenvalue weighted by atomic mass is 9.82. The molecule has 1 aliphatic rings. The maximum Gasteiger partial charge on any atom is 0.107 e. The van der Waals surface area contributed by atoms with Crippen LogP contribution in [0.15, 0.2) is 5.38 Å². The highest BCUT2D eigenvalue weighted by molar-refractivity contribution is 7.09. The second-order valence-corrected chi connectivity index (χ2v) is 7.38. The maximum atomic E-state index is 4.76. The van der Waals surface area contributed by atoms with Crippen molar-refractivity contribution in [2.75, 3.05) is 13.1 Å². The summed E-state index contributed by atoms with van der Waals surface area (Å²) in [6, 6.07) is 0.524. The molecule has 0 atom stereocenters. The number of likely N-dealkylation sites (tertiary alicyclic amines) is 1. The number of aromatic nitrogens is 1. The predicted molar refractivity (Wildman–Crippen MR) is 87.0 cm³/mol. The standard InChI is InChI=1S/C16H29N3S/c1-5-16(6-2)7-8-19(12-16)10-14-11-20-15(18-14)9-17-13(3)4/h11,13,17H,5-10,12H2,1-4H3. The summed E-state index contributed by atoms with van der Waals surface area (Å²) in [4.78, 5) is 7.34. The fourth-order valence-electron chi connectivity index (χ4n) is 3.01. The Hall–Kier alpha value is -0.450. The topological polar surface area (TPSA) is 28.2 Å². The van der Waals surface area contributed by atoms with Gasteiger partial charge in [0.1, 0.15) is 5.01 Å². The zero-order chi connectivity index (χ0) is 14.6. The normalized spacial score (nSPS) is 19.1. The first-order chi connectivity index (χ1) is 9.57. The van der Waals surface area contributed by atoms with E-state index < -0.39 is 0 Å². The molecule has 0 aromatic carbocycles. The van der Waals surface area contributed by atoms with E-state index in [-0.39, 0.29) is 0 Å². The summed E-state index contributed by atoms with van der Waals surface area (Å²) in [7, 11) is 0. The molecule has 1 aromatic rings. The van der Waals surface area contributed by atoms with Crippen molar-refractivity contribution in [3.8, 4) is 0 Å². The van der Waals surface area contributed by atoms with E-state index in [2.05, 4.69) is 43.3 Å². The Labute approximate surface area is 127 Å². The van der Waals surface area contributed by atoms with Crippen LogP contribution >= 0.6 is 11.3 Å². The highest BCUT2D eigenvalue weighted by Crippen LogP contribution is 2.37. The molecular formula is C16H29N3S. The summed E-state index contributed by atoms with van der Waals surface area (Å²) in [6.07, 6.45) is 3.97. The molecule has 0 unspecified atom stereocenters. The highest BCUT2D eigenvalue weighted by Gasteiger charge is 2.34. The Morgan fingerprint density at radius 2 is 2.15 bits per heavy atom. The van der Waals surface area contributed by atoms with Gasteiger partial charge in [0.2, 0.25) is 0 Å². The maximum absolute atomic E-state index is 4.76. The minimum atomic E-state index is 0.524. The molecule has 0 radical (unpaired) electrons. The molecule has 1 N–H and O–H groups in total. The van der Waals surface area contributed by atoms with Crippen LogP contribution in [0.4, 0.5) is 0 Å². The van der Waals surface area contributed by atoms with Gasteiger partial charge in [-0.25, -0.2) is 4.98 Å². The van der Waals surface area contributed by atoms with Gasteiger partial charge < -0.3 is 5.32 Å². The van der Waals surface area contributed by atoms with Crippen LogP contribution in [0.2, 0.25) is 0 Å². The molecule has 2 rings (SSSR count). The molecule has 114 valence electrons. The minimum absolute atomic E-state index is 0.524. The van der Waals surface area contributed by atoms with Crippen molar-refractivity contribution in [1.82, 2.24) is 15.2 Å². The Morgan fingerprint density at radius 1 is 1.40 bits per heavy atom. The fraction of sp³-hybridized carbons (Fsp3) is 0.812. The third-order valence-corrected chi connectivity index (χ3v) is 5.56. The molecule has 2 heterocycles. The van der Waals surface area contributed by atoms with E-state index in [0.717, 1.165) is 13.1 Å². The van der Waals surface area contributed by atoms with E-state index in [9.17, 15) is 0 Å². The number of hydrogen-bond donors (Lipinski definition) is 1. The fourth-order valence-corrected chi connectivity index (χ4v) is 3.75. The lowest BCUT2D eigenvalue weighted by Crippen LogP contribution is -2.26. The van der Waals surface area contributed by atoms with Crippen LogP contribution in [-0.2, 0) is 13.1 Å². The Balaban J connectivity index is 1.85. The number of nitrogens with zero attached hydrogens (tertiary/aromatic N) is 2. The molecule has 0 spiro atoms. The Morgan fingerprint density at radius 3 is 2.75 bits per heavy atom. The van der Waals surface area contributed by atoms with Crippen molar-refractivity contribution in [2.45, 2.75) is 66.1 Å². The van der Waals surface area contributed by atoms with Crippen LogP contribution in [0.3, 0.4) is 0 Å². The quantitative estimate of drug-likeness (QED) is 0.832. The van der Waals surface area contributed by atoms with Gasteiger partial charge in [-0.3, -0.25) is 4.90 Å². The molecule has 1 fully saturated rings. The van der Waals surface area contributed by atoms with Crippen LogP contribution in [0, 0.1) is 5.41 Å². The van der Waals surface area contributed by atoms with Crippen molar-refractivity contribution in [1.29, 1.82) is 0 Å². The molecule has 0 bridgehead atoms. The third-order valence-electron chi connectivity index (χ3n) is 4.66. The summed E-state index contributed by atoms with van der Waals surface area (Å²) < 4.78 is 0. The average molecular weight is 295 g/mol. The van der Waals surface area contributed by atoms with Gasteiger partial charge >= 0.3 is 0 Å². The van der Waals surface area contributed by atoms with E-state index >= 15 is 0 Å². The molecule has 0 aliphatic carbocycles. The summed E-state index contributed by atoms with van der Waals surface area (Å²) in [5, 5.41) is 6.88. The molecule has 0 saturated carbocycles. The highest BCUT2D eigenvalue weighted by atomic mass is 32.1. The van der Waals surface area contributed by atoms with Crippen molar-refractivity contribution in [2.24, 2.45) is 5.41 Å². The first-order valence-corrected chi connectivity index (χ1v) is 8.84. The van der Waals surface area contributed by atoms with Crippen molar-refractivity contribution < 1.29 is 0 Å². The van der Waals surface area contributed by atoms with E-state index in [0.29, 0.717) is 11.5 Å². The van der Waals surface area contributed by atoms with E-state index in [4.69, 9.17) is 4.98 Å². The first kappa shape index (κ1) is 15.9. The number of rotatable bonds is 7. The molecule has 20 heavy (non-hydrogen) atoms. The molecule has 3 nitrogen and oxygen atoms in total. The van der Waals surface area contributed by atoms with Crippen molar-refractivity contribution in [3.63, 3.8) is 0 Å². The zero-order valence-corrected chi connectivity index (χ0v) is 14.2. The molecule has 0 amide bonds. The number of hydrogen-bond acceptors (Lipinski definition) is 4. The summed E-state index contributed by atoms with van der Waals surface area (Å²) in [5.41, 5.74) is 1.82. The van der Waals surface area contributed by atoms with E-state index in [1.165, 1.54) is 43.1 Å². The van der Waals surface area contributed by atoms with Gasteiger partial charge in [-0.15, -0.1) is 11.3 Å². The third kappa shape index (κ3) is 4.03. The molecular weight excluding hydrogens is 266 g/mol. The van der Waals surface area contributed by atoms with Crippen LogP contribution in [0.25, 0.3) is 0 Å². The Bertz CT molecular complexity index is 410. The van der Waals surface area contributed by atoms with Crippen molar-refractivity contribution >= 4 is 11.3 Å². The van der Waals surface area contributed by atoms with Gasteiger partial charge in [0.05, 0.1) is 5.69 Å². The van der Waals surface area contributed by atoms with Gasteiger partial charge in [0.25, 0.3) is 0 Å². The van der Waals surface area contributed by atoms with Crippen LogP contribution < -0.4 is 5.32 Å². The lowest BCUT2D eigenvalue weighted by Gasteiger charge is -2.26. The molecule has 1 saturated heterocycles. The molecule has 1 aromatic heterocycles. The smallest absolute Gasteiger partial charge is 0.107 e. The molecule has 1 aliphatic heterocycles. The second kappa shape index (κ2) is 7.01. The second-order valence-electron chi connectivity index (χ2n) is 6.44. The van der Waals surface area contributed by atoms with Crippen LogP contribution in [-0.4, -0.2) is 29.0 Å². The zero-order valence-electron chi connectivity index (χ0n) is 13.4.